The Bertz CT molecular complexity index is 539. The first-order valence-electron chi connectivity index (χ1n) is 6.35. The Morgan fingerprint density at radius 2 is 2.30 bits per heavy atom. The quantitative estimate of drug-likeness (QED) is 0.505. The molecule has 1 aliphatic rings. The van der Waals surface area contributed by atoms with Crippen LogP contribution in [-0.2, 0) is 9.53 Å². The van der Waals surface area contributed by atoms with E-state index < -0.39 is 22.8 Å². The number of nitro groups is 1. The van der Waals surface area contributed by atoms with Crippen LogP contribution in [-0.4, -0.2) is 45.9 Å². The van der Waals surface area contributed by atoms with Crippen molar-refractivity contribution in [2.75, 3.05) is 13.2 Å². The number of hydrogen-bond donors (Lipinski definition) is 1. The largest absolute Gasteiger partial charge is 0.464 e. The van der Waals surface area contributed by atoms with E-state index in [9.17, 15) is 19.7 Å². The maximum absolute atomic E-state index is 12.3. The minimum atomic E-state index is -0.608. The van der Waals surface area contributed by atoms with E-state index in [0.717, 1.165) is 0 Å². The minimum absolute atomic E-state index is 0.105. The van der Waals surface area contributed by atoms with Crippen LogP contribution >= 0.6 is 0 Å². The van der Waals surface area contributed by atoms with Gasteiger partial charge in [0.15, 0.2) is 5.69 Å². The average Bonchev–Trinajstić information content (AvgIpc) is 3.07. The average molecular weight is 281 g/mol. The summed E-state index contributed by atoms with van der Waals surface area (Å²) in [5, 5.41) is 10.6. The zero-order valence-electron chi connectivity index (χ0n) is 11.0. The number of amides is 1. The maximum atomic E-state index is 12.3. The number of hydrogen-bond acceptors (Lipinski definition) is 5. The molecule has 1 amide bonds. The summed E-state index contributed by atoms with van der Waals surface area (Å²) in [7, 11) is 0. The van der Waals surface area contributed by atoms with Crippen LogP contribution in [0.15, 0.2) is 12.1 Å². The van der Waals surface area contributed by atoms with Gasteiger partial charge in [0.2, 0.25) is 0 Å². The molecule has 8 heteroatoms. The van der Waals surface area contributed by atoms with Crippen LogP contribution in [0.3, 0.4) is 0 Å². The zero-order valence-corrected chi connectivity index (χ0v) is 11.0. The van der Waals surface area contributed by atoms with Gasteiger partial charge in [-0.2, -0.15) is 0 Å². The van der Waals surface area contributed by atoms with E-state index in [1.54, 1.807) is 6.92 Å². The first kappa shape index (κ1) is 14.0. The van der Waals surface area contributed by atoms with E-state index in [0.29, 0.717) is 19.4 Å². The highest BCUT2D eigenvalue weighted by Gasteiger charge is 2.37. The SMILES string of the molecule is CCOC(=O)C1CCCN1C(=O)c1ccc([N+](=O)[O-])[nH]1. The smallest absolute Gasteiger partial charge is 0.328 e. The fraction of sp³-hybridized carbons (Fsp3) is 0.500. The van der Waals surface area contributed by atoms with E-state index in [1.165, 1.54) is 17.0 Å². The van der Waals surface area contributed by atoms with Crippen LogP contribution in [0.2, 0.25) is 0 Å². The number of likely N-dealkylation sites (tertiary alicyclic amines) is 1. The number of carbonyl (C=O) groups excluding carboxylic acids is 2. The molecule has 1 saturated heterocycles. The van der Waals surface area contributed by atoms with Gasteiger partial charge < -0.3 is 19.8 Å². The van der Waals surface area contributed by atoms with Crippen LogP contribution in [0, 0.1) is 10.1 Å². The summed E-state index contributed by atoms with van der Waals surface area (Å²) in [6.07, 6.45) is 1.26. The molecule has 2 rings (SSSR count). The van der Waals surface area contributed by atoms with Crippen LogP contribution < -0.4 is 0 Å². The third-order valence-corrected chi connectivity index (χ3v) is 3.17. The predicted molar refractivity (Wildman–Crippen MR) is 68.1 cm³/mol. The number of esters is 1. The van der Waals surface area contributed by atoms with E-state index in [4.69, 9.17) is 4.74 Å². The molecule has 1 N–H and O–H groups in total. The number of ether oxygens (including phenoxy) is 1. The molecule has 0 bridgehead atoms. The molecule has 1 unspecified atom stereocenters. The van der Waals surface area contributed by atoms with Gasteiger partial charge in [0.1, 0.15) is 6.04 Å². The van der Waals surface area contributed by atoms with E-state index >= 15 is 0 Å². The highest BCUT2D eigenvalue weighted by Crippen LogP contribution is 2.22. The van der Waals surface area contributed by atoms with Gasteiger partial charge in [-0.3, -0.25) is 4.79 Å². The van der Waals surface area contributed by atoms with Crippen LogP contribution in [0.1, 0.15) is 30.3 Å². The number of carbonyl (C=O) groups is 2. The summed E-state index contributed by atoms with van der Waals surface area (Å²) in [4.78, 5) is 37.9. The molecular formula is C12H15N3O5. The number of nitrogens with zero attached hydrogens (tertiary/aromatic N) is 2. The van der Waals surface area contributed by atoms with Gasteiger partial charge in [-0.1, -0.05) is 0 Å². The second kappa shape index (κ2) is 5.72. The summed E-state index contributed by atoms with van der Waals surface area (Å²) in [6, 6.07) is 1.97. The van der Waals surface area contributed by atoms with E-state index in [-0.39, 0.29) is 18.1 Å². The van der Waals surface area contributed by atoms with Crippen molar-refractivity contribution in [3.05, 3.63) is 27.9 Å². The number of rotatable bonds is 4. The first-order chi connectivity index (χ1) is 9.54. The van der Waals surface area contributed by atoms with E-state index in [2.05, 4.69) is 4.98 Å². The molecule has 2 heterocycles. The Balaban J connectivity index is 2.14. The molecule has 0 spiro atoms. The Morgan fingerprint density at radius 3 is 2.90 bits per heavy atom. The molecule has 1 aliphatic heterocycles. The van der Waals surface area contributed by atoms with Gasteiger partial charge in [0.05, 0.1) is 6.61 Å². The summed E-state index contributed by atoms with van der Waals surface area (Å²) in [5.41, 5.74) is 0.105. The number of nitrogens with one attached hydrogen (secondary N) is 1. The molecule has 0 aliphatic carbocycles. The number of aromatic amines is 1. The second-order valence-corrected chi connectivity index (χ2v) is 4.42. The van der Waals surface area contributed by atoms with Gasteiger partial charge in [0, 0.05) is 12.6 Å². The van der Waals surface area contributed by atoms with Gasteiger partial charge in [-0.25, -0.2) is 9.78 Å². The molecule has 108 valence electrons. The molecule has 8 nitrogen and oxygen atoms in total. The molecule has 0 saturated carbocycles. The summed E-state index contributed by atoms with van der Waals surface area (Å²) < 4.78 is 4.93. The van der Waals surface area contributed by atoms with Crippen molar-refractivity contribution >= 4 is 17.7 Å². The zero-order chi connectivity index (χ0) is 14.7. The number of H-pyrrole nitrogens is 1. The lowest BCUT2D eigenvalue weighted by Crippen LogP contribution is -2.41. The summed E-state index contributed by atoms with van der Waals surface area (Å²) in [6.45, 7) is 2.40. The molecule has 0 aromatic carbocycles. The van der Waals surface area contributed by atoms with Crippen molar-refractivity contribution in [2.45, 2.75) is 25.8 Å². The Hall–Kier alpha value is -2.38. The molecule has 20 heavy (non-hydrogen) atoms. The van der Waals surface area contributed by atoms with Gasteiger partial charge in [0.25, 0.3) is 5.91 Å². The van der Waals surface area contributed by atoms with Crippen molar-refractivity contribution < 1.29 is 19.2 Å². The predicted octanol–water partition coefficient (Wildman–Crippen LogP) is 1.09. The molecule has 1 aromatic heterocycles. The van der Waals surface area contributed by atoms with Gasteiger partial charge in [-0.05, 0) is 30.8 Å². The van der Waals surface area contributed by atoms with Crippen LogP contribution in [0.25, 0.3) is 0 Å². The van der Waals surface area contributed by atoms with Gasteiger partial charge in [-0.15, -0.1) is 0 Å². The van der Waals surface area contributed by atoms with Crippen molar-refractivity contribution in [1.29, 1.82) is 0 Å². The Labute approximate surface area is 114 Å². The third-order valence-electron chi connectivity index (χ3n) is 3.17. The minimum Gasteiger partial charge on any atom is -0.464 e. The van der Waals surface area contributed by atoms with Crippen molar-refractivity contribution in [1.82, 2.24) is 9.88 Å². The molecular weight excluding hydrogens is 266 g/mol. The topological polar surface area (TPSA) is 106 Å². The molecule has 1 fully saturated rings. The molecule has 1 aromatic rings. The summed E-state index contributed by atoms with van der Waals surface area (Å²) in [5.74, 6) is -1.10. The summed E-state index contributed by atoms with van der Waals surface area (Å²) >= 11 is 0. The normalized spacial score (nSPS) is 18.1. The van der Waals surface area contributed by atoms with Crippen molar-refractivity contribution in [3.63, 3.8) is 0 Å². The first-order valence-corrected chi connectivity index (χ1v) is 6.35. The number of aromatic nitrogens is 1. The Kier molecular flexibility index (Phi) is 4.02. The lowest BCUT2D eigenvalue weighted by Gasteiger charge is -2.21. The standard InChI is InChI=1S/C12H15N3O5/c1-2-20-12(17)9-4-3-7-14(9)11(16)8-5-6-10(13-8)15(18)19/h5-6,9,13H,2-4,7H2,1H3. The lowest BCUT2D eigenvalue weighted by molar-refractivity contribution is -0.389. The molecule has 0 radical (unpaired) electrons. The fourth-order valence-electron chi connectivity index (χ4n) is 2.26. The lowest BCUT2D eigenvalue weighted by atomic mass is 10.2. The third kappa shape index (κ3) is 2.63. The highest BCUT2D eigenvalue weighted by molar-refractivity contribution is 5.96. The van der Waals surface area contributed by atoms with Crippen molar-refractivity contribution in [2.24, 2.45) is 0 Å². The fourth-order valence-corrected chi connectivity index (χ4v) is 2.26. The van der Waals surface area contributed by atoms with E-state index in [1.807, 2.05) is 0 Å². The monoisotopic (exact) mass is 281 g/mol. The highest BCUT2D eigenvalue weighted by atomic mass is 16.6. The van der Waals surface area contributed by atoms with Gasteiger partial charge >= 0.3 is 11.8 Å². The maximum Gasteiger partial charge on any atom is 0.328 e. The second-order valence-electron chi connectivity index (χ2n) is 4.42. The Morgan fingerprint density at radius 1 is 1.55 bits per heavy atom. The molecule has 1 atom stereocenters. The van der Waals surface area contributed by atoms with Crippen LogP contribution in [0.5, 0.6) is 0 Å². The van der Waals surface area contributed by atoms with Crippen LogP contribution in [0.4, 0.5) is 5.82 Å². The van der Waals surface area contributed by atoms with Crippen molar-refractivity contribution in [3.8, 4) is 0 Å².